The molecule has 0 bridgehead atoms. The summed E-state index contributed by atoms with van der Waals surface area (Å²) in [6.45, 7) is 5.76. The van der Waals surface area contributed by atoms with Gasteiger partial charge in [-0.1, -0.05) is 0 Å². The highest BCUT2D eigenvalue weighted by molar-refractivity contribution is 7.12. The Morgan fingerprint density at radius 3 is 2.58 bits per heavy atom. The summed E-state index contributed by atoms with van der Waals surface area (Å²) >= 11 is 1.55. The molecule has 0 fully saturated rings. The van der Waals surface area contributed by atoms with Gasteiger partial charge in [0.2, 0.25) is 5.91 Å². The first kappa shape index (κ1) is 18.2. The number of ketones is 1. The number of aromatic nitrogens is 3. The van der Waals surface area contributed by atoms with E-state index in [1.165, 1.54) is 4.90 Å². The Balaban J connectivity index is 1.71. The van der Waals surface area contributed by atoms with Crippen molar-refractivity contribution in [2.45, 2.75) is 52.7 Å². The van der Waals surface area contributed by atoms with Crippen LogP contribution in [0.3, 0.4) is 0 Å². The maximum Gasteiger partial charge on any atom is 0.328 e. The first-order valence-electron chi connectivity index (χ1n) is 8.29. The molecule has 0 radical (unpaired) electrons. The monoisotopic (exact) mass is 376 g/mol. The minimum atomic E-state index is -1.08. The number of aliphatic carboxylic acids is 1. The second-order valence-corrected chi connectivity index (χ2v) is 7.86. The number of amides is 1. The molecule has 0 spiro atoms. The molecule has 1 amide bonds. The van der Waals surface area contributed by atoms with Gasteiger partial charge in [-0.2, -0.15) is 0 Å². The molecule has 1 atom stereocenters. The van der Waals surface area contributed by atoms with Crippen LogP contribution in [0.15, 0.2) is 6.07 Å². The van der Waals surface area contributed by atoms with Gasteiger partial charge in [-0.25, -0.2) is 4.79 Å². The van der Waals surface area contributed by atoms with E-state index in [1.807, 2.05) is 19.9 Å². The van der Waals surface area contributed by atoms with Gasteiger partial charge in [0.05, 0.1) is 13.1 Å². The van der Waals surface area contributed by atoms with Gasteiger partial charge >= 0.3 is 5.97 Å². The van der Waals surface area contributed by atoms with E-state index in [0.717, 1.165) is 9.75 Å². The summed E-state index contributed by atoms with van der Waals surface area (Å²) < 4.78 is 1.71. The fourth-order valence-corrected chi connectivity index (χ4v) is 4.14. The quantitative estimate of drug-likeness (QED) is 0.797. The van der Waals surface area contributed by atoms with Crippen LogP contribution in [0, 0.1) is 20.8 Å². The third kappa shape index (κ3) is 3.39. The highest BCUT2D eigenvalue weighted by Gasteiger charge is 2.36. The van der Waals surface area contributed by atoms with Crippen LogP contribution < -0.4 is 0 Å². The smallest absolute Gasteiger partial charge is 0.328 e. The summed E-state index contributed by atoms with van der Waals surface area (Å²) in [6.07, 6.45) is 0.0362. The van der Waals surface area contributed by atoms with E-state index in [2.05, 4.69) is 10.2 Å². The summed E-state index contributed by atoms with van der Waals surface area (Å²) in [5.74, 6) is -0.348. The average molecular weight is 376 g/mol. The van der Waals surface area contributed by atoms with Gasteiger partial charge in [0.25, 0.3) is 0 Å². The van der Waals surface area contributed by atoms with Crippen LogP contribution in [0.4, 0.5) is 0 Å². The van der Waals surface area contributed by atoms with Gasteiger partial charge in [0, 0.05) is 28.2 Å². The number of carboxylic acid groups (broad SMARTS) is 1. The van der Waals surface area contributed by atoms with E-state index in [1.54, 1.807) is 22.8 Å². The predicted molar refractivity (Wildman–Crippen MR) is 94.1 cm³/mol. The van der Waals surface area contributed by atoms with Gasteiger partial charge in [-0.3, -0.25) is 9.59 Å². The van der Waals surface area contributed by atoms with Crippen LogP contribution in [0.25, 0.3) is 0 Å². The molecule has 0 saturated heterocycles. The number of carbonyl (C=O) groups is 3. The average Bonchev–Trinajstić information content (AvgIpc) is 3.13. The van der Waals surface area contributed by atoms with Crippen LogP contribution in [-0.2, 0) is 22.7 Å². The van der Waals surface area contributed by atoms with Crippen molar-refractivity contribution in [1.82, 2.24) is 19.7 Å². The van der Waals surface area contributed by atoms with Crippen molar-refractivity contribution in [3.05, 3.63) is 33.0 Å². The fourth-order valence-electron chi connectivity index (χ4n) is 3.19. The molecule has 1 aliphatic heterocycles. The minimum absolute atomic E-state index is 0.0237. The Morgan fingerprint density at radius 2 is 1.96 bits per heavy atom. The van der Waals surface area contributed by atoms with Crippen molar-refractivity contribution in [2.24, 2.45) is 0 Å². The van der Waals surface area contributed by atoms with Crippen molar-refractivity contribution in [2.75, 3.05) is 0 Å². The molecular formula is C17H20N4O4S. The summed E-state index contributed by atoms with van der Waals surface area (Å²) in [6, 6.07) is 0.851. The molecule has 2 aromatic heterocycles. The number of carbonyl (C=O) groups excluding carboxylic acids is 2. The van der Waals surface area contributed by atoms with E-state index < -0.39 is 12.0 Å². The van der Waals surface area contributed by atoms with E-state index >= 15 is 0 Å². The van der Waals surface area contributed by atoms with Gasteiger partial charge in [-0.15, -0.1) is 21.5 Å². The molecule has 3 heterocycles. The van der Waals surface area contributed by atoms with Crippen LogP contribution in [0.1, 0.15) is 44.6 Å². The van der Waals surface area contributed by atoms with E-state index in [0.29, 0.717) is 17.2 Å². The summed E-state index contributed by atoms with van der Waals surface area (Å²) in [5.41, 5.74) is 0.643. The lowest BCUT2D eigenvalue weighted by molar-refractivity contribution is -0.152. The van der Waals surface area contributed by atoms with Gasteiger partial charge in [0.15, 0.2) is 11.6 Å². The van der Waals surface area contributed by atoms with Crippen LogP contribution >= 0.6 is 11.3 Å². The number of nitrogens with zero attached hydrogens (tertiary/aromatic N) is 4. The fraction of sp³-hybridized carbons (Fsp3) is 0.471. The Bertz CT molecular complexity index is 885. The Hall–Kier alpha value is -2.55. The standard InChI is InChI=1S/C17H20N4O4S/c1-9-6-12(10(2)26-9)14(22)4-5-16(23)21-8-15-19-18-11(3)20(15)7-13(21)17(24)25/h6,13H,4-5,7-8H2,1-3H3,(H,24,25). The molecule has 2 aromatic rings. The predicted octanol–water partition coefficient (Wildman–Crippen LogP) is 1.72. The van der Waals surface area contributed by atoms with Crippen LogP contribution in [0.5, 0.6) is 0 Å². The molecule has 0 saturated carbocycles. The highest BCUT2D eigenvalue weighted by Crippen LogP contribution is 2.23. The summed E-state index contributed by atoms with van der Waals surface area (Å²) in [4.78, 5) is 39.9. The SMILES string of the molecule is Cc1cc(C(=O)CCC(=O)N2Cc3nnc(C)n3CC2C(=O)O)c(C)s1. The lowest BCUT2D eigenvalue weighted by atomic mass is 10.1. The second-order valence-electron chi connectivity index (χ2n) is 6.40. The molecule has 9 heteroatoms. The topological polar surface area (TPSA) is 105 Å². The van der Waals surface area contributed by atoms with Crippen LogP contribution in [0.2, 0.25) is 0 Å². The number of fused-ring (bicyclic) bond motifs is 1. The van der Waals surface area contributed by atoms with E-state index in [4.69, 9.17) is 0 Å². The van der Waals surface area contributed by atoms with Gasteiger partial charge in [-0.05, 0) is 26.8 Å². The molecule has 138 valence electrons. The second kappa shape index (κ2) is 6.99. The normalized spacial score (nSPS) is 16.4. The molecule has 3 rings (SSSR count). The molecule has 0 aliphatic carbocycles. The Morgan fingerprint density at radius 1 is 1.23 bits per heavy atom. The maximum atomic E-state index is 12.6. The van der Waals surface area contributed by atoms with Crippen molar-refractivity contribution >= 4 is 29.0 Å². The number of rotatable bonds is 5. The number of hydrogen-bond acceptors (Lipinski definition) is 6. The van der Waals surface area contributed by atoms with Crippen LogP contribution in [-0.4, -0.2) is 48.5 Å². The molecule has 26 heavy (non-hydrogen) atoms. The number of carboxylic acids is 1. The van der Waals surface area contributed by atoms with E-state index in [-0.39, 0.29) is 37.6 Å². The third-order valence-corrected chi connectivity index (χ3v) is 5.53. The zero-order chi connectivity index (χ0) is 19.0. The zero-order valence-corrected chi connectivity index (χ0v) is 15.7. The minimum Gasteiger partial charge on any atom is -0.480 e. The molecule has 0 aromatic carbocycles. The number of hydrogen-bond donors (Lipinski definition) is 1. The molecule has 1 unspecified atom stereocenters. The molecule has 1 N–H and O–H groups in total. The van der Waals surface area contributed by atoms with Crippen molar-refractivity contribution < 1.29 is 19.5 Å². The lowest BCUT2D eigenvalue weighted by Crippen LogP contribution is -2.50. The van der Waals surface area contributed by atoms with Crippen molar-refractivity contribution in [3.8, 4) is 0 Å². The summed E-state index contributed by atoms with van der Waals surface area (Å²) in [5, 5.41) is 17.4. The maximum absolute atomic E-state index is 12.6. The summed E-state index contributed by atoms with van der Waals surface area (Å²) in [7, 11) is 0. The molecule has 1 aliphatic rings. The lowest BCUT2D eigenvalue weighted by Gasteiger charge is -2.33. The number of Topliss-reactive ketones (excluding diaryl/α,β-unsaturated/α-hetero) is 1. The van der Waals surface area contributed by atoms with Gasteiger partial charge in [0.1, 0.15) is 11.9 Å². The molecule has 8 nitrogen and oxygen atoms in total. The highest BCUT2D eigenvalue weighted by atomic mass is 32.1. The molecular weight excluding hydrogens is 356 g/mol. The third-order valence-electron chi connectivity index (χ3n) is 4.57. The number of aryl methyl sites for hydroxylation is 3. The Labute approximate surface area is 154 Å². The first-order chi connectivity index (χ1) is 12.3. The largest absolute Gasteiger partial charge is 0.480 e. The van der Waals surface area contributed by atoms with Crippen molar-refractivity contribution in [1.29, 1.82) is 0 Å². The first-order valence-corrected chi connectivity index (χ1v) is 9.10. The number of thiophene rings is 1. The zero-order valence-electron chi connectivity index (χ0n) is 14.9. The van der Waals surface area contributed by atoms with E-state index in [9.17, 15) is 19.5 Å². The van der Waals surface area contributed by atoms with Crippen molar-refractivity contribution in [3.63, 3.8) is 0 Å². The Kier molecular flexibility index (Phi) is 4.90. The van der Waals surface area contributed by atoms with Gasteiger partial charge < -0.3 is 14.6 Å².